The third kappa shape index (κ3) is 5.67. The van der Waals surface area contributed by atoms with Crippen molar-refractivity contribution in [3.05, 3.63) is 89.0 Å². The molecule has 0 aliphatic rings. The summed E-state index contributed by atoms with van der Waals surface area (Å²) in [6, 6.07) is 14.0. The summed E-state index contributed by atoms with van der Waals surface area (Å²) >= 11 is 0. The monoisotopic (exact) mass is 491 g/mol. The zero-order valence-electron chi connectivity index (χ0n) is 19.3. The van der Waals surface area contributed by atoms with Gasteiger partial charge in [0.2, 0.25) is 5.75 Å². The van der Waals surface area contributed by atoms with E-state index in [0.717, 1.165) is 0 Å². The van der Waals surface area contributed by atoms with Crippen LogP contribution in [0.5, 0.6) is 28.7 Å². The highest BCUT2D eigenvalue weighted by Gasteiger charge is 2.16. The summed E-state index contributed by atoms with van der Waals surface area (Å²) in [6.07, 6.45) is 4.59. The Bertz CT molecular complexity index is 1350. The number of nitrogens with zero attached hydrogens (tertiary/aromatic N) is 4. The number of benzene rings is 2. The molecule has 1 N–H and O–H groups in total. The van der Waals surface area contributed by atoms with Gasteiger partial charge in [0.05, 0.1) is 37.1 Å². The predicted octanol–water partition coefficient (Wildman–Crippen LogP) is 4.28. The first-order valence-corrected chi connectivity index (χ1v) is 10.5. The zero-order valence-corrected chi connectivity index (χ0v) is 19.3. The number of rotatable bonds is 10. The molecule has 0 aliphatic heterocycles. The number of amides is 1. The van der Waals surface area contributed by atoms with Crippen LogP contribution < -0.4 is 24.3 Å². The van der Waals surface area contributed by atoms with Gasteiger partial charge in [0.25, 0.3) is 11.6 Å². The standard InChI is InChI=1S/C24H21N5O7/c1-33-21-6-3-7-22(34-2)23(21)35-15-28-10-8-20(27-28)24(30)26-16-11-17(29(31)32)13-19(12-16)36-18-5-4-9-25-14-18/h3-14H,15H2,1-2H3,(H,26,30). The van der Waals surface area contributed by atoms with Crippen LogP contribution in [-0.4, -0.2) is 39.8 Å². The molecular weight excluding hydrogens is 470 g/mol. The Morgan fingerprint density at radius 1 is 1.06 bits per heavy atom. The van der Waals surface area contributed by atoms with Crippen molar-refractivity contribution in [3.8, 4) is 28.7 Å². The third-order valence-electron chi connectivity index (χ3n) is 4.83. The lowest BCUT2D eigenvalue weighted by molar-refractivity contribution is -0.384. The van der Waals surface area contributed by atoms with Crippen LogP contribution in [0.25, 0.3) is 0 Å². The van der Waals surface area contributed by atoms with Crippen molar-refractivity contribution in [1.29, 1.82) is 0 Å². The van der Waals surface area contributed by atoms with E-state index in [1.165, 1.54) is 49.4 Å². The number of carbonyl (C=O) groups excluding carboxylic acids is 1. The second kappa shape index (κ2) is 10.9. The normalized spacial score (nSPS) is 10.4. The molecule has 36 heavy (non-hydrogen) atoms. The fourth-order valence-corrected chi connectivity index (χ4v) is 3.20. The first kappa shape index (κ1) is 24.0. The Morgan fingerprint density at radius 2 is 1.83 bits per heavy atom. The highest BCUT2D eigenvalue weighted by molar-refractivity contribution is 6.03. The Labute approximate surface area is 205 Å². The molecule has 12 heteroatoms. The smallest absolute Gasteiger partial charge is 0.276 e. The molecule has 184 valence electrons. The molecule has 0 saturated carbocycles. The second-order valence-corrected chi connectivity index (χ2v) is 7.22. The number of nitro benzene ring substituents is 1. The van der Waals surface area contributed by atoms with Crippen LogP contribution in [-0.2, 0) is 6.73 Å². The van der Waals surface area contributed by atoms with Gasteiger partial charge in [-0.25, -0.2) is 4.68 Å². The zero-order chi connectivity index (χ0) is 25.5. The van der Waals surface area contributed by atoms with E-state index < -0.39 is 10.8 Å². The molecule has 4 rings (SSSR count). The lowest BCUT2D eigenvalue weighted by atomic mass is 10.2. The topological polar surface area (TPSA) is 140 Å². The minimum absolute atomic E-state index is 0.0239. The SMILES string of the molecule is COc1cccc(OC)c1OCn1ccc(C(=O)Nc2cc(Oc3cccnc3)cc([N+](=O)[O-])c2)n1. The first-order chi connectivity index (χ1) is 17.5. The first-order valence-electron chi connectivity index (χ1n) is 10.5. The van der Waals surface area contributed by atoms with E-state index in [0.29, 0.717) is 23.0 Å². The predicted molar refractivity (Wildman–Crippen MR) is 128 cm³/mol. The molecule has 0 spiro atoms. The van der Waals surface area contributed by atoms with Crippen LogP contribution in [0.15, 0.2) is 73.2 Å². The molecule has 0 saturated heterocycles. The number of nitro groups is 1. The number of pyridine rings is 1. The Balaban J connectivity index is 1.47. The molecule has 2 aromatic heterocycles. The minimum Gasteiger partial charge on any atom is -0.493 e. The maximum absolute atomic E-state index is 12.8. The number of hydrogen-bond acceptors (Lipinski definition) is 9. The Kier molecular flexibility index (Phi) is 7.25. The molecule has 0 aliphatic carbocycles. The van der Waals surface area contributed by atoms with Crippen LogP contribution in [0.4, 0.5) is 11.4 Å². The van der Waals surface area contributed by atoms with Crippen molar-refractivity contribution >= 4 is 17.3 Å². The van der Waals surface area contributed by atoms with Gasteiger partial charge in [0, 0.05) is 24.5 Å². The van der Waals surface area contributed by atoms with Crippen LogP contribution in [0.1, 0.15) is 10.5 Å². The summed E-state index contributed by atoms with van der Waals surface area (Å²) < 4.78 is 23.4. The molecule has 2 heterocycles. The van der Waals surface area contributed by atoms with Crippen molar-refractivity contribution in [3.63, 3.8) is 0 Å². The van der Waals surface area contributed by atoms with Crippen molar-refractivity contribution < 1.29 is 28.7 Å². The fourth-order valence-electron chi connectivity index (χ4n) is 3.20. The van der Waals surface area contributed by atoms with E-state index in [1.807, 2.05) is 0 Å². The van der Waals surface area contributed by atoms with Gasteiger partial charge < -0.3 is 24.3 Å². The number of non-ortho nitro benzene ring substituents is 1. The van der Waals surface area contributed by atoms with E-state index in [2.05, 4.69) is 15.4 Å². The van der Waals surface area contributed by atoms with Crippen molar-refractivity contribution in [2.45, 2.75) is 6.73 Å². The largest absolute Gasteiger partial charge is 0.493 e. The third-order valence-corrected chi connectivity index (χ3v) is 4.83. The highest BCUT2D eigenvalue weighted by Crippen LogP contribution is 2.37. The van der Waals surface area contributed by atoms with Crippen molar-refractivity contribution in [2.75, 3.05) is 19.5 Å². The van der Waals surface area contributed by atoms with Crippen LogP contribution in [0.3, 0.4) is 0 Å². The number of anilines is 1. The molecular formula is C24H21N5O7. The molecule has 0 fully saturated rings. The van der Waals surface area contributed by atoms with Crippen molar-refractivity contribution in [1.82, 2.24) is 14.8 Å². The van der Waals surface area contributed by atoms with Gasteiger partial charge in [0.15, 0.2) is 23.9 Å². The second-order valence-electron chi connectivity index (χ2n) is 7.22. The summed E-state index contributed by atoms with van der Waals surface area (Å²) in [5.41, 5.74) is -0.0131. The van der Waals surface area contributed by atoms with Gasteiger partial charge in [-0.2, -0.15) is 5.10 Å². The van der Waals surface area contributed by atoms with Gasteiger partial charge >= 0.3 is 0 Å². The molecule has 12 nitrogen and oxygen atoms in total. The van der Waals surface area contributed by atoms with Crippen LogP contribution in [0.2, 0.25) is 0 Å². The molecule has 4 aromatic rings. The number of methoxy groups -OCH3 is 2. The summed E-state index contributed by atoms with van der Waals surface area (Å²) in [5.74, 6) is 1.33. The summed E-state index contributed by atoms with van der Waals surface area (Å²) in [7, 11) is 3.03. The van der Waals surface area contributed by atoms with Gasteiger partial charge in [-0.1, -0.05) is 6.07 Å². The number of carbonyl (C=O) groups is 1. The Hall–Kier alpha value is -5.13. The van der Waals surface area contributed by atoms with Gasteiger partial charge in [0.1, 0.15) is 11.5 Å². The lowest BCUT2D eigenvalue weighted by Gasteiger charge is -2.13. The molecule has 0 unspecified atom stereocenters. The molecule has 0 atom stereocenters. The number of hydrogen-bond donors (Lipinski definition) is 1. The number of nitrogens with one attached hydrogen (secondary N) is 1. The number of ether oxygens (including phenoxy) is 4. The molecule has 0 bridgehead atoms. The number of para-hydroxylation sites is 1. The maximum Gasteiger partial charge on any atom is 0.276 e. The van der Waals surface area contributed by atoms with Gasteiger partial charge in [-0.05, 0) is 30.3 Å². The fraction of sp³-hybridized carbons (Fsp3) is 0.125. The summed E-state index contributed by atoms with van der Waals surface area (Å²) in [6.45, 7) is -0.0239. The van der Waals surface area contributed by atoms with Crippen LogP contribution >= 0.6 is 0 Å². The number of aromatic nitrogens is 3. The minimum atomic E-state index is -0.579. The van der Waals surface area contributed by atoms with Gasteiger partial charge in [-0.15, -0.1) is 0 Å². The quantitative estimate of drug-likeness (QED) is 0.254. The van der Waals surface area contributed by atoms with E-state index >= 15 is 0 Å². The Morgan fingerprint density at radius 3 is 2.50 bits per heavy atom. The van der Waals surface area contributed by atoms with E-state index in [-0.39, 0.29) is 29.5 Å². The highest BCUT2D eigenvalue weighted by atomic mass is 16.6. The average Bonchev–Trinajstić information content (AvgIpc) is 3.37. The summed E-state index contributed by atoms with van der Waals surface area (Å²) in [4.78, 5) is 27.5. The van der Waals surface area contributed by atoms with E-state index in [9.17, 15) is 14.9 Å². The average molecular weight is 491 g/mol. The van der Waals surface area contributed by atoms with E-state index in [4.69, 9.17) is 18.9 Å². The van der Waals surface area contributed by atoms with Gasteiger partial charge in [-0.3, -0.25) is 19.9 Å². The lowest BCUT2D eigenvalue weighted by Crippen LogP contribution is -2.14. The molecule has 2 aromatic carbocycles. The van der Waals surface area contributed by atoms with E-state index in [1.54, 1.807) is 42.7 Å². The van der Waals surface area contributed by atoms with Crippen LogP contribution in [0, 0.1) is 10.1 Å². The summed E-state index contributed by atoms with van der Waals surface area (Å²) in [5, 5.41) is 18.2. The van der Waals surface area contributed by atoms with Crippen molar-refractivity contribution in [2.24, 2.45) is 0 Å². The maximum atomic E-state index is 12.8. The molecule has 1 amide bonds. The molecule has 0 radical (unpaired) electrons.